The fraction of sp³-hybridized carbons (Fsp3) is 0.588. The Labute approximate surface area is 122 Å². The third-order valence-corrected chi connectivity index (χ3v) is 3.75. The largest absolute Gasteiger partial charge is 0.398 e. The molecule has 0 spiro atoms. The molecular formula is C17H28N2O. The van der Waals surface area contributed by atoms with Gasteiger partial charge in [-0.15, -0.1) is 0 Å². The molecule has 1 amide bonds. The number of nitrogen functional groups attached to an aromatic ring is 1. The molecule has 0 aliphatic rings. The molecule has 3 heteroatoms. The maximum Gasteiger partial charge on any atom is 0.253 e. The highest BCUT2D eigenvalue weighted by Gasteiger charge is 2.19. The van der Waals surface area contributed by atoms with Crippen molar-refractivity contribution < 1.29 is 4.79 Å². The van der Waals surface area contributed by atoms with E-state index in [0.29, 0.717) is 17.8 Å². The second-order valence-electron chi connectivity index (χ2n) is 6.34. The molecule has 1 rings (SSSR count). The Morgan fingerprint density at radius 2 is 2.00 bits per heavy atom. The van der Waals surface area contributed by atoms with Crippen molar-refractivity contribution in [2.45, 2.75) is 53.4 Å². The van der Waals surface area contributed by atoms with Crippen LogP contribution in [-0.4, -0.2) is 12.5 Å². The summed E-state index contributed by atoms with van der Waals surface area (Å²) in [7, 11) is 0. The Kier molecular flexibility index (Phi) is 6.05. The van der Waals surface area contributed by atoms with Crippen molar-refractivity contribution in [3.8, 4) is 0 Å². The number of rotatable bonds is 7. The van der Waals surface area contributed by atoms with Crippen molar-refractivity contribution in [3.05, 3.63) is 29.3 Å². The molecule has 112 valence electrons. The van der Waals surface area contributed by atoms with Crippen LogP contribution in [0.25, 0.3) is 0 Å². The molecule has 0 aliphatic carbocycles. The second kappa shape index (κ2) is 7.32. The van der Waals surface area contributed by atoms with E-state index in [1.165, 1.54) is 19.3 Å². The molecule has 0 saturated heterocycles. The van der Waals surface area contributed by atoms with Crippen LogP contribution in [0.15, 0.2) is 18.2 Å². The zero-order chi connectivity index (χ0) is 15.2. The van der Waals surface area contributed by atoms with Crippen molar-refractivity contribution >= 4 is 11.6 Å². The molecule has 0 radical (unpaired) electrons. The number of amides is 1. The Morgan fingerprint density at radius 1 is 1.30 bits per heavy atom. The van der Waals surface area contributed by atoms with Crippen molar-refractivity contribution in [2.75, 3.05) is 12.3 Å². The van der Waals surface area contributed by atoms with Crippen molar-refractivity contribution in [1.29, 1.82) is 0 Å². The van der Waals surface area contributed by atoms with Crippen LogP contribution in [0.1, 0.15) is 62.4 Å². The summed E-state index contributed by atoms with van der Waals surface area (Å²) < 4.78 is 0. The van der Waals surface area contributed by atoms with Gasteiger partial charge in [-0.05, 0) is 30.4 Å². The second-order valence-corrected chi connectivity index (χ2v) is 6.34. The predicted octanol–water partition coefficient (Wildman–Crippen LogP) is 3.91. The molecule has 1 aromatic carbocycles. The third-order valence-electron chi connectivity index (χ3n) is 3.75. The molecule has 20 heavy (non-hydrogen) atoms. The number of anilines is 1. The Morgan fingerprint density at radius 3 is 2.65 bits per heavy atom. The number of para-hydroxylation sites is 1. The average molecular weight is 276 g/mol. The van der Waals surface area contributed by atoms with E-state index in [-0.39, 0.29) is 11.3 Å². The molecule has 1 aromatic rings. The van der Waals surface area contributed by atoms with Crippen molar-refractivity contribution in [1.82, 2.24) is 5.32 Å². The number of carbonyl (C=O) groups excluding carboxylic acids is 1. The highest BCUT2D eigenvalue weighted by atomic mass is 16.1. The zero-order valence-corrected chi connectivity index (χ0v) is 13.3. The van der Waals surface area contributed by atoms with Gasteiger partial charge in [0.25, 0.3) is 5.91 Å². The summed E-state index contributed by atoms with van der Waals surface area (Å²) in [5.74, 6) is -0.0743. The molecule has 0 fully saturated rings. The summed E-state index contributed by atoms with van der Waals surface area (Å²) in [6.07, 6.45) is 4.82. The monoisotopic (exact) mass is 276 g/mol. The number of nitrogens with one attached hydrogen (secondary N) is 1. The number of carbonyl (C=O) groups is 1. The van der Waals surface area contributed by atoms with Crippen LogP contribution >= 0.6 is 0 Å². The van der Waals surface area contributed by atoms with Gasteiger partial charge in [0.2, 0.25) is 0 Å². The van der Waals surface area contributed by atoms with Crippen LogP contribution in [0.4, 0.5) is 5.69 Å². The lowest BCUT2D eigenvalue weighted by atomic mass is 9.87. The highest BCUT2D eigenvalue weighted by molar-refractivity contribution is 5.99. The minimum Gasteiger partial charge on any atom is -0.398 e. The first-order chi connectivity index (χ1) is 9.37. The summed E-state index contributed by atoms with van der Waals surface area (Å²) >= 11 is 0. The lowest BCUT2D eigenvalue weighted by Crippen LogP contribution is -2.34. The van der Waals surface area contributed by atoms with Gasteiger partial charge in [-0.3, -0.25) is 4.79 Å². The van der Waals surface area contributed by atoms with Crippen LogP contribution in [-0.2, 0) is 0 Å². The number of hydrogen-bond donors (Lipinski definition) is 2. The Hall–Kier alpha value is -1.51. The number of unbranched alkanes of at least 4 members (excludes halogenated alkanes) is 2. The van der Waals surface area contributed by atoms with Gasteiger partial charge in [0.05, 0.1) is 5.56 Å². The van der Waals surface area contributed by atoms with Crippen LogP contribution in [0.2, 0.25) is 0 Å². The first-order valence-corrected chi connectivity index (χ1v) is 7.50. The maximum atomic E-state index is 12.2. The van der Waals surface area contributed by atoms with Gasteiger partial charge in [0, 0.05) is 12.2 Å². The number of nitrogens with two attached hydrogens (primary N) is 1. The van der Waals surface area contributed by atoms with Crippen LogP contribution in [0.3, 0.4) is 0 Å². The Bertz CT molecular complexity index is 452. The summed E-state index contributed by atoms with van der Waals surface area (Å²) in [6, 6.07) is 5.57. The van der Waals surface area contributed by atoms with Gasteiger partial charge in [-0.1, -0.05) is 52.2 Å². The van der Waals surface area contributed by atoms with E-state index in [9.17, 15) is 4.79 Å². The summed E-state index contributed by atoms with van der Waals surface area (Å²) in [4.78, 5) is 12.2. The van der Waals surface area contributed by atoms with E-state index in [4.69, 9.17) is 5.73 Å². The third kappa shape index (κ3) is 4.87. The quantitative estimate of drug-likeness (QED) is 0.586. The van der Waals surface area contributed by atoms with Gasteiger partial charge in [-0.25, -0.2) is 0 Å². The van der Waals surface area contributed by atoms with Gasteiger partial charge in [0.15, 0.2) is 0 Å². The molecular weight excluding hydrogens is 248 g/mol. The van der Waals surface area contributed by atoms with E-state index in [1.807, 2.05) is 19.1 Å². The Balaban J connectivity index is 2.56. The number of hydrogen-bond acceptors (Lipinski definition) is 2. The van der Waals surface area contributed by atoms with E-state index in [1.54, 1.807) is 6.07 Å². The fourth-order valence-corrected chi connectivity index (χ4v) is 2.24. The molecule has 0 aliphatic heterocycles. The van der Waals surface area contributed by atoms with Crippen molar-refractivity contribution in [2.24, 2.45) is 5.41 Å². The van der Waals surface area contributed by atoms with Gasteiger partial charge >= 0.3 is 0 Å². The van der Waals surface area contributed by atoms with E-state index in [2.05, 4.69) is 26.1 Å². The van der Waals surface area contributed by atoms with E-state index >= 15 is 0 Å². The molecule has 0 aromatic heterocycles. The average Bonchev–Trinajstić information content (AvgIpc) is 2.39. The molecule has 0 bridgehead atoms. The molecule has 3 N–H and O–H groups in total. The van der Waals surface area contributed by atoms with Gasteiger partial charge < -0.3 is 11.1 Å². The topological polar surface area (TPSA) is 55.1 Å². The van der Waals surface area contributed by atoms with Gasteiger partial charge in [-0.2, -0.15) is 0 Å². The summed E-state index contributed by atoms with van der Waals surface area (Å²) in [5, 5.41) is 3.02. The molecule has 0 unspecified atom stereocenters. The summed E-state index contributed by atoms with van der Waals surface area (Å²) in [6.45, 7) is 9.20. The van der Waals surface area contributed by atoms with Gasteiger partial charge in [0.1, 0.15) is 0 Å². The van der Waals surface area contributed by atoms with E-state index < -0.39 is 0 Å². The van der Waals surface area contributed by atoms with Crippen LogP contribution < -0.4 is 11.1 Å². The SMILES string of the molecule is CCCCCC(C)(C)CNC(=O)c1cccc(C)c1N. The molecule has 3 nitrogen and oxygen atoms in total. The first-order valence-electron chi connectivity index (χ1n) is 7.50. The minimum atomic E-state index is -0.0743. The molecule has 0 saturated carbocycles. The van der Waals surface area contributed by atoms with Crippen LogP contribution in [0.5, 0.6) is 0 Å². The highest BCUT2D eigenvalue weighted by Crippen LogP contribution is 2.23. The number of benzene rings is 1. The first kappa shape index (κ1) is 16.5. The minimum absolute atomic E-state index is 0.0743. The van der Waals surface area contributed by atoms with Crippen molar-refractivity contribution in [3.63, 3.8) is 0 Å². The normalized spacial score (nSPS) is 11.4. The lowest BCUT2D eigenvalue weighted by molar-refractivity contribution is 0.0935. The maximum absolute atomic E-state index is 12.2. The molecule has 0 heterocycles. The summed E-state index contributed by atoms with van der Waals surface area (Å²) in [5.41, 5.74) is 8.19. The van der Waals surface area contributed by atoms with Crippen LogP contribution in [0, 0.1) is 12.3 Å². The lowest BCUT2D eigenvalue weighted by Gasteiger charge is -2.25. The smallest absolute Gasteiger partial charge is 0.253 e. The fourth-order valence-electron chi connectivity index (χ4n) is 2.24. The van der Waals surface area contributed by atoms with E-state index in [0.717, 1.165) is 12.0 Å². The predicted molar refractivity (Wildman–Crippen MR) is 85.8 cm³/mol. The standard InChI is InChI=1S/C17H28N2O/c1-5-6-7-11-17(3,4)12-19-16(20)14-10-8-9-13(2)15(14)18/h8-10H,5-7,11-12,18H2,1-4H3,(H,19,20). The number of aryl methyl sites for hydroxylation is 1. The molecule has 0 atom stereocenters. The zero-order valence-electron chi connectivity index (χ0n) is 13.3.